The molecule has 22 heavy (non-hydrogen) atoms. The maximum Gasteiger partial charge on any atom is 0.220 e. The van der Waals surface area contributed by atoms with Crippen LogP contribution in [0.5, 0.6) is 0 Å². The maximum atomic E-state index is 12.0. The van der Waals surface area contributed by atoms with Crippen LogP contribution >= 0.6 is 0 Å². The van der Waals surface area contributed by atoms with Crippen LogP contribution in [0.3, 0.4) is 0 Å². The normalized spacial score (nSPS) is 10.8. The summed E-state index contributed by atoms with van der Waals surface area (Å²) in [6, 6.07) is 9.72. The molecule has 1 N–H and O–H groups in total. The van der Waals surface area contributed by atoms with E-state index in [-0.39, 0.29) is 5.91 Å². The number of carbonyl (C=O) groups is 1. The molecule has 0 aliphatic carbocycles. The van der Waals surface area contributed by atoms with Gasteiger partial charge < -0.3 is 9.72 Å². The van der Waals surface area contributed by atoms with Crippen LogP contribution in [-0.4, -0.2) is 20.3 Å². The number of aromatic nitrogens is 3. The molecule has 0 atom stereocenters. The first-order valence-electron chi connectivity index (χ1n) is 7.32. The van der Waals surface area contributed by atoms with Gasteiger partial charge in [0.15, 0.2) is 0 Å². The third-order valence-electron chi connectivity index (χ3n) is 3.63. The highest BCUT2D eigenvalue weighted by Gasteiger charge is 2.10. The molecule has 3 heterocycles. The minimum atomic E-state index is 0.0362. The first kappa shape index (κ1) is 14.3. The third kappa shape index (κ3) is 3.14. The van der Waals surface area contributed by atoms with Crippen molar-refractivity contribution in [1.29, 1.82) is 0 Å². The van der Waals surface area contributed by atoms with Gasteiger partial charge in [-0.1, -0.05) is 12.1 Å². The lowest BCUT2D eigenvalue weighted by atomic mass is 10.2. The lowest BCUT2D eigenvalue weighted by Gasteiger charge is -2.06. The van der Waals surface area contributed by atoms with E-state index in [9.17, 15) is 4.79 Å². The first-order valence-corrected chi connectivity index (χ1v) is 7.32. The van der Waals surface area contributed by atoms with Gasteiger partial charge >= 0.3 is 0 Å². The van der Waals surface area contributed by atoms with Crippen molar-refractivity contribution in [1.82, 2.24) is 19.7 Å². The molecule has 0 radical (unpaired) electrons. The number of nitrogens with zero attached hydrogens (tertiary/aromatic N) is 3. The van der Waals surface area contributed by atoms with E-state index >= 15 is 0 Å². The van der Waals surface area contributed by atoms with E-state index in [1.165, 1.54) is 0 Å². The Bertz CT molecular complexity index is 780. The molecule has 0 saturated heterocycles. The summed E-state index contributed by atoms with van der Waals surface area (Å²) in [4.78, 5) is 20.5. The second-order valence-corrected chi connectivity index (χ2v) is 5.21. The smallest absolute Gasteiger partial charge is 0.220 e. The number of carbonyl (C=O) groups excluding carboxylic acids is 1. The zero-order chi connectivity index (χ0) is 15.4. The molecular weight excluding hydrogens is 276 g/mol. The molecule has 112 valence electrons. The summed E-state index contributed by atoms with van der Waals surface area (Å²) in [6.45, 7) is 2.49. The molecule has 0 aliphatic rings. The summed E-state index contributed by atoms with van der Waals surface area (Å²) in [6.07, 6.45) is 6.59. The van der Waals surface area contributed by atoms with Crippen LogP contribution in [0.25, 0.3) is 5.65 Å². The molecule has 5 heteroatoms. The number of imidazole rings is 1. The predicted octanol–water partition coefficient (Wildman–Crippen LogP) is 2.29. The van der Waals surface area contributed by atoms with E-state index in [1.807, 2.05) is 47.9 Å². The molecule has 0 aliphatic heterocycles. The second-order valence-electron chi connectivity index (χ2n) is 5.21. The molecule has 0 spiro atoms. The fourth-order valence-electron chi connectivity index (χ4n) is 2.49. The van der Waals surface area contributed by atoms with Crippen molar-refractivity contribution in [2.45, 2.75) is 26.3 Å². The summed E-state index contributed by atoms with van der Waals surface area (Å²) in [7, 11) is 0. The zero-order valence-electron chi connectivity index (χ0n) is 12.5. The Kier molecular flexibility index (Phi) is 4.14. The Hall–Kier alpha value is -2.69. The maximum absolute atomic E-state index is 12.0. The number of hydrogen-bond donors (Lipinski definition) is 1. The lowest BCUT2D eigenvalue weighted by Crippen LogP contribution is -2.23. The summed E-state index contributed by atoms with van der Waals surface area (Å²) in [5.74, 6) is 0.0362. The molecular formula is C17H18N4O. The summed E-state index contributed by atoms with van der Waals surface area (Å²) in [5.41, 5.74) is 3.99. The number of pyridine rings is 2. The van der Waals surface area contributed by atoms with E-state index in [0.717, 1.165) is 22.6 Å². The Morgan fingerprint density at radius 2 is 2.18 bits per heavy atom. The van der Waals surface area contributed by atoms with E-state index in [4.69, 9.17) is 0 Å². The minimum absolute atomic E-state index is 0.0362. The van der Waals surface area contributed by atoms with Crippen molar-refractivity contribution < 1.29 is 4.79 Å². The molecule has 0 bridgehead atoms. The van der Waals surface area contributed by atoms with Gasteiger partial charge in [0.1, 0.15) is 5.65 Å². The highest BCUT2D eigenvalue weighted by molar-refractivity contribution is 5.76. The third-order valence-corrected chi connectivity index (χ3v) is 3.63. The van der Waals surface area contributed by atoms with Crippen LogP contribution in [0.4, 0.5) is 0 Å². The van der Waals surface area contributed by atoms with Crippen molar-refractivity contribution in [3.05, 3.63) is 65.9 Å². The van der Waals surface area contributed by atoms with Crippen LogP contribution in [0.2, 0.25) is 0 Å². The number of rotatable bonds is 5. The minimum Gasteiger partial charge on any atom is -0.352 e. The number of aryl methyl sites for hydroxylation is 2. The molecule has 1 amide bonds. The monoisotopic (exact) mass is 294 g/mol. The Labute approximate surface area is 129 Å². The van der Waals surface area contributed by atoms with Crippen molar-refractivity contribution in [2.75, 3.05) is 0 Å². The topological polar surface area (TPSA) is 59.3 Å². The van der Waals surface area contributed by atoms with E-state index in [1.54, 1.807) is 12.4 Å². The molecule has 0 saturated carbocycles. The van der Waals surface area contributed by atoms with E-state index < -0.39 is 0 Å². The SMILES string of the molecule is Cc1nc2ccccn2c1CCC(=O)NCc1cccnc1. The average Bonchev–Trinajstić information content (AvgIpc) is 2.87. The Balaban J connectivity index is 1.59. The molecule has 3 aromatic rings. The van der Waals surface area contributed by atoms with Crippen molar-refractivity contribution in [3.8, 4) is 0 Å². The summed E-state index contributed by atoms with van der Waals surface area (Å²) >= 11 is 0. The fraction of sp³-hybridized carbons (Fsp3) is 0.235. The molecule has 0 unspecified atom stereocenters. The lowest BCUT2D eigenvalue weighted by molar-refractivity contribution is -0.121. The van der Waals surface area contributed by atoms with Crippen LogP contribution in [0.1, 0.15) is 23.4 Å². The summed E-state index contributed by atoms with van der Waals surface area (Å²) < 4.78 is 2.05. The summed E-state index contributed by atoms with van der Waals surface area (Å²) in [5, 5.41) is 2.92. The Morgan fingerprint density at radius 1 is 1.27 bits per heavy atom. The number of fused-ring (bicyclic) bond motifs is 1. The van der Waals surface area contributed by atoms with Gasteiger partial charge in [0.25, 0.3) is 0 Å². The fourth-order valence-corrected chi connectivity index (χ4v) is 2.49. The van der Waals surface area contributed by atoms with Gasteiger partial charge in [0.05, 0.1) is 5.69 Å². The predicted molar refractivity (Wildman–Crippen MR) is 84.3 cm³/mol. The molecule has 3 rings (SSSR count). The van der Waals surface area contributed by atoms with Crippen molar-refractivity contribution in [3.63, 3.8) is 0 Å². The van der Waals surface area contributed by atoms with Crippen LogP contribution < -0.4 is 5.32 Å². The van der Waals surface area contributed by atoms with Gasteiger partial charge in [-0.3, -0.25) is 9.78 Å². The van der Waals surface area contributed by atoms with Gasteiger partial charge in [-0.2, -0.15) is 0 Å². The number of nitrogens with one attached hydrogen (secondary N) is 1. The van der Waals surface area contributed by atoms with Crippen molar-refractivity contribution >= 4 is 11.6 Å². The van der Waals surface area contributed by atoms with Crippen LogP contribution in [-0.2, 0) is 17.8 Å². The van der Waals surface area contributed by atoms with Gasteiger partial charge in [0, 0.05) is 37.3 Å². The highest BCUT2D eigenvalue weighted by atomic mass is 16.1. The Morgan fingerprint density at radius 3 is 3.00 bits per heavy atom. The first-order chi connectivity index (χ1) is 10.7. The van der Waals surface area contributed by atoms with Crippen LogP contribution in [0.15, 0.2) is 48.9 Å². The zero-order valence-corrected chi connectivity index (χ0v) is 12.5. The molecule has 3 aromatic heterocycles. The largest absolute Gasteiger partial charge is 0.352 e. The molecule has 0 aromatic carbocycles. The van der Waals surface area contributed by atoms with E-state index in [2.05, 4.69) is 15.3 Å². The number of amides is 1. The van der Waals surface area contributed by atoms with E-state index in [0.29, 0.717) is 19.4 Å². The molecule has 0 fully saturated rings. The standard InChI is InChI=1S/C17H18N4O/c1-13-15(21-10-3-2-6-16(21)20-13)7-8-17(22)19-12-14-5-4-9-18-11-14/h2-6,9-11H,7-8,12H2,1H3,(H,19,22). The van der Waals surface area contributed by atoms with Gasteiger partial charge in [-0.15, -0.1) is 0 Å². The van der Waals surface area contributed by atoms with Gasteiger partial charge in [-0.25, -0.2) is 4.98 Å². The number of hydrogen-bond acceptors (Lipinski definition) is 3. The van der Waals surface area contributed by atoms with Crippen LogP contribution in [0, 0.1) is 6.92 Å². The average molecular weight is 294 g/mol. The highest BCUT2D eigenvalue weighted by Crippen LogP contribution is 2.13. The second kappa shape index (κ2) is 6.39. The van der Waals surface area contributed by atoms with Crippen molar-refractivity contribution in [2.24, 2.45) is 0 Å². The van der Waals surface area contributed by atoms with Gasteiger partial charge in [0.2, 0.25) is 5.91 Å². The quantitative estimate of drug-likeness (QED) is 0.785. The molecule has 5 nitrogen and oxygen atoms in total. The van der Waals surface area contributed by atoms with Gasteiger partial charge in [-0.05, 0) is 37.1 Å².